The summed E-state index contributed by atoms with van der Waals surface area (Å²) in [6.07, 6.45) is 4.34. The third kappa shape index (κ3) is 2.76. The zero-order valence-electron chi connectivity index (χ0n) is 14.7. The Balaban J connectivity index is 2.03. The first-order chi connectivity index (χ1) is 12.7. The van der Waals surface area contributed by atoms with Gasteiger partial charge in [0.2, 0.25) is 0 Å². The number of pyridine rings is 1. The maximum atomic E-state index is 13.2. The van der Waals surface area contributed by atoms with Gasteiger partial charge in [-0.15, -0.1) is 0 Å². The van der Waals surface area contributed by atoms with E-state index in [0.717, 1.165) is 41.6 Å². The van der Waals surface area contributed by atoms with Gasteiger partial charge in [0.05, 0.1) is 18.5 Å². The minimum Gasteiger partial charge on any atom is -0.467 e. The predicted octanol–water partition coefficient (Wildman–Crippen LogP) is 4.15. The quantitative estimate of drug-likeness (QED) is 0.717. The monoisotopic (exact) mass is 344 g/mol. The molecule has 1 atom stereocenters. The molecule has 26 heavy (non-hydrogen) atoms. The van der Waals surface area contributed by atoms with Gasteiger partial charge in [-0.2, -0.15) is 5.26 Å². The summed E-state index contributed by atoms with van der Waals surface area (Å²) in [5.41, 5.74) is 4.07. The first-order valence-electron chi connectivity index (χ1n) is 8.95. The lowest BCUT2D eigenvalue weighted by Crippen LogP contribution is -2.30. The standard InChI is InChI=1S/C22H20N2O2/c1-15-9-10-18-19(12-15)20(13-23)22(25)24(14-17-8-5-11-26-17)21(18)16-6-3-2-4-7-16/h2-8,11,15H,9-10,12,14H2,1H3. The Kier molecular flexibility index (Phi) is 4.22. The molecular formula is C22H20N2O2. The van der Waals surface area contributed by atoms with Crippen molar-refractivity contribution in [3.8, 4) is 17.3 Å². The van der Waals surface area contributed by atoms with E-state index in [-0.39, 0.29) is 11.1 Å². The molecule has 0 N–H and O–H groups in total. The van der Waals surface area contributed by atoms with Crippen LogP contribution in [-0.2, 0) is 19.4 Å². The number of hydrogen-bond donors (Lipinski definition) is 0. The Hall–Kier alpha value is -3.06. The highest BCUT2D eigenvalue weighted by molar-refractivity contribution is 5.67. The molecule has 0 aliphatic heterocycles. The van der Waals surface area contributed by atoms with Crippen LogP contribution in [0.25, 0.3) is 11.3 Å². The van der Waals surface area contributed by atoms with E-state index in [2.05, 4.69) is 13.0 Å². The summed E-state index contributed by atoms with van der Waals surface area (Å²) in [5.74, 6) is 1.19. The Labute approximate surface area is 152 Å². The summed E-state index contributed by atoms with van der Waals surface area (Å²) in [6, 6.07) is 15.8. The molecule has 4 nitrogen and oxygen atoms in total. The summed E-state index contributed by atoms with van der Waals surface area (Å²) >= 11 is 0. The number of nitrogens with zero attached hydrogens (tertiary/aromatic N) is 2. The van der Waals surface area contributed by atoms with Gasteiger partial charge in [0.25, 0.3) is 5.56 Å². The lowest BCUT2D eigenvalue weighted by molar-refractivity contribution is 0.480. The Morgan fingerprint density at radius 1 is 1.19 bits per heavy atom. The lowest BCUT2D eigenvalue weighted by atomic mass is 9.81. The number of rotatable bonds is 3. The smallest absolute Gasteiger partial charge is 0.269 e. The molecule has 0 saturated heterocycles. The molecule has 4 heteroatoms. The maximum absolute atomic E-state index is 13.2. The Morgan fingerprint density at radius 3 is 2.69 bits per heavy atom. The van der Waals surface area contributed by atoms with E-state index < -0.39 is 0 Å². The van der Waals surface area contributed by atoms with E-state index in [9.17, 15) is 10.1 Å². The number of hydrogen-bond acceptors (Lipinski definition) is 3. The second kappa shape index (κ2) is 6.68. The molecule has 0 radical (unpaired) electrons. The van der Waals surface area contributed by atoms with Crippen LogP contribution in [0, 0.1) is 17.2 Å². The predicted molar refractivity (Wildman–Crippen MR) is 99.9 cm³/mol. The van der Waals surface area contributed by atoms with Crippen LogP contribution in [0.15, 0.2) is 57.9 Å². The van der Waals surface area contributed by atoms with Crippen molar-refractivity contribution >= 4 is 0 Å². The average molecular weight is 344 g/mol. The zero-order valence-corrected chi connectivity index (χ0v) is 14.7. The average Bonchev–Trinajstić information content (AvgIpc) is 3.17. The van der Waals surface area contributed by atoms with E-state index in [1.54, 1.807) is 10.8 Å². The molecule has 0 bridgehead atoms. The molecule has 0 saturated carbocycles. The van der Waals surface area contributed by atoms with Crippen LogP contribution < -0.4 is 5.56 Å². The SMILES string of the molecule is CC1CCc2c(c(C#N)c(=O)n(Cc3ccco3)c2-c2ccccc2)C1. The molecular weight excluding hydrogens is 324 g/mol. The normalized spacial score (nSPS) is 16.1. The highest BCUT2D eigenvalue weighted by Crippen LogP contribution is 2.34. The molecule has 4 rings (SSSR count). The van der Waals surface area contributed by atoms with Gasteiger partial charge in [-0.3, -0.25) is 9.36 Å². The molecule has 0 amide bonds. The topological polar surface area (TPSA) is 58.9 Å². The van der Waals surface area contributed by atoms with Crippen LogP contribution in [0.1, 0.15) is 35.8 Å². The molecule has 2 aromatic heterocycles. The van der Waals surface area contributed by atoms with Crippen LogP contribution in [-0.4, -0.2) is 4.57 Å². The second-order valence-corrected chi connectivity index (χ2v) is 6.98. The molecule has 1 aromatic carbocycles. The lowest BCUT2D eigenvalue weighted by Gasteiger charge is -2.27. The fourth-order valence-electron chi connectivity index (χ4n) is 3.91. The van der Waals surface area contributed by atoms with E-state index in [0.29, 0.717) is 18.2 Å². The van der Waals surface area contributed by atoms with Crippen LogP contribution >= 0.6 is 0 Å². The Bertz CT molecular complexity index is 1020. The van der Waals surface area contributed by atoms with E-state index in [1.165, 1.54) is 0 Å². The van der Waals surface area contributed by atoms with Gasteiger partial charge in [-0.25, -0.2) is 0 Å². The van der Waals surface area contributed by atoms with Crippen molar-refractivity contribution in [1.82, 2.24) is 4.57 Å². The van der Waals surface area contributed by atoms with Crippen molar-refractivity contribution < 1.29 is 4.42 Å². The summed E-state index contributed by atoms with van der Waals surface area (Å²) in [7, 11) is 0. The van der Waals surface area contributed by atoms with Crippen molar-refractivity contribution in [2.24, 2.45) is 5.92 Å². The van der Waals surface area contributed by atoms with E-state index in [1.807, 2.05) is 42.5 Å². The molecule has 130 valence electrons. The van der Waals surface area contributed by atoms with Crippen LogP contribution in [0.2, 0.25) is 0 Å². The van der Waals surface area contributed by atoms with Gasteiger partial charge >= 0.3 is 0 Å². The first-order valence-corrected chi connectivity index (χ1v) is 8.95. The molecule has 1 aliphatic carbocycles. The number of benzene rings is 1. The zero-order chi connectivity index (χ0) is 18.1. The van der Waals surface area contributed by atoms with E-state index >= 15 is 0 Å². The molecule has 1 aliphatic rings. The molecule has 1 unspecified atom stereocenters. The number of nitriles is 1. The minimum absolute atomic E-state index is 0.226. The van der Waals surface area contributed by atoms with Gasteiger partial charge in [0.1, 0.15) is 17.4 Å². The van der Waals surface area contributed by atoms with Crippen LogP contribution in [0.4, 0.5) is 0 Å². The van der Waals surface area contributed by atoms with Crippen molar-refractivity contribution in [2.75, 3.05) is 0 Å². The highest BCUT2D eigenvalue weighted by Gasteiger charge is 2.27. The highest BCUT2D eigenvalue weighted by atomic mass is 16.3. The molecule has 3 aromatic rings. The van der Waals surface area contributed by atoms with Crippen molar-refractivity contribution in [2.45, 2.75) is 32.7 Å². The van der Waals surface area contributed by atoms with Crippen molar-refractivity contribution in [3.05, 3.63) is 81.5 Å². The Morgan fingerprint density at radius 2 is 2.00 bits per heavy atom. The van der Waals surface area contributed by atoms with Gasteiger partial charge in [-0.05, 0) is 54.0 Å². The fourth-order valence-corrected chi connectivity index (χ4v) is 3.91. The largest absolute Gasteiger partial charge is 0.467 e. The summed E-state index contributed by atoms with van der Waals surface area (Å²) in [5, 5.41) is 9.69. The fraction of sp³-hybridized carbons (Fsp3) is 0.273. The minimum atomic E-state index is -0.226. The van der Waals surface area contributed by atoms with Gasteiger partial charge in [-0.1, -0.05) is 37.3 Å². The van der Waals surface area contributed by atoms with Gasteiger partial charge in [0.15, 0.2) is 0 Å². The third-order valence-electron chi connectivity index (χ3n) is 5.17. The maximum Gasteiger partial charge on any atom is 0.269 e. The summed E-state index contributed by atoms with van der Waals surface area (Å²) < 4.78 is 7.19. The van der Waals surface area contributed by atoms with Crippen LogP contribution in [0.5, 0.6) is 0 Å². The molecule has 0 spiro atoms. The number of aromatic nitrogens is 1. The first kappa shape index (κ1) is 16.4. The van der Waals surface area contributed by atoms with Gasteiger partial charge in [0, 0.05) is 0 Å². The second-order valence-electron chi connectivity index (χ2n) is 6.98. The van der Waals surface area contributed by atoms with Gasteiger partial charge < -0.3 is 4.42 Å². The molecule has 2 heterocycles. The molecule has 0 fully saturated rings. The van der Waals surface area contributed by atoms with Crippen molar-refractivity contribution in [3.63, 3.8) is 0 Å². The number of fused-ring (bicyclic) bond motifs is 1. The summed E-state index contributed by atoms with van der Waals surface area (Å²) in [6.45, 7) is 2.51. The summed E-state index contributed by atoms with van der Waals surface area (Å²) in [4.78, 5) is 13.2. The third-order valence-corrected chi connectivity index (χ3v) is 5.17. The van der Waals surface area contributed by atoms with Crippen molar-refractivity contribution in [1.29, 1.82) is 5.26 Å². The number of furan rings is 1. The van der Waals surface area contributed by atoms with Crippen LogP contribution in [0.3, 0.4) is 0 Å². The van der Waals surface area contributed by atoms with E-state index in [4.69, 9.17) is 4.42 Å².